The van der Waals surface area contributed by atoms with Crippen molar-refractivity contribution in [3.63, 3.8) is 0 Å². The fourth-order valence-corrected chi connectivity index (χ4v) is 1.98. The van der Waals surface area contributed by atoms with Crippen molar-refractivity contribution in [3.8, 4) is 0 Å². The highest BCUT2D eigenvalue weighted by atomic mass is 79.9. The Hall–Kier alpha value is -1.62. The van der Waals surface area contributed by atoms with Gasteiger partial charge in [-0.2, -0.15) is 0 Å². The quantitative estimate of drug-likeness (QED) is 0.870. The van der Waals surface area contributed by atoms with E-state index < -0.39 is 11.4 Å². The summed E-state index contributed by atoms with van der Waals surface area (Å²) in [5, 5.41) is 9.29. The highest BCUT2D eigenvalue weighted by Gasteiger charge is 2.13. The zero-order chi connectivity index (χ0) is 11.9. The first-order chi connectivity index (χ1) is 7.50. The molecular formula is C11H8BrNO3. The molecule has 0 unspecified atom stereocenters. The van der Waals surface area contributed by atoms with Gasteiger partial charge in [0.05, 0.1) is 5.52 Å². The first-order valence-corrected chi connectivity index (χ1v) is 5.32. The van der Waals surface area contributed by atoms with Gasteiger partial charge >= 0.3 is 5.97 Å². The molecule has 0 amide bonds. The number of carbonyl (C=O) groups is 1. The summed E-state index contributed by atoms with van der Waals surface area (Å²) in [5.41, 5.74) is 0.0354. The second-order valence-corrected chi connectivity index (χ2v) is 4.37. The van der Waals surface area contributed by atoms with E-state index in [0.717, 1.165) is 4.47 Å². The number of aromatic carboxylic acids is 1. The molecule has 0 aliphatic rings. The van der Waals surface area contributed by atoms with Gasteiger partial charge in [-0.05, 0) is 18.2 Å². The summed E-state index contributed by atoms with van der Waals surface area (Å²) in [4.78, 5) is 22.7. The third-order valence-corrected chi connectivity index (χ3v) is 2.87. The highest BCUT2D eigenvalue weighted by molar-refractivity contribution is 9.10. The largest absolute Gasteiger partial charge is 0.477 e. The molecular weight excluding hydrogens is 274 g/mol. The molecule has 82 valence electrons. The Morgan fingerprint density at radius 3 is 2.75 bits per heavy atom. The predicted molar refractivity (Wildman–Crippen MR) is 63.8 cm³/mol. The predicted octanol–water partition coefficient (Wildman–Crippen LogP) is 2.00. The molecule has 1 N–H and O–H groups in total. The van der Waals surface area contributed by atoms with E-state index in [1.54, 1.807) is 23.7 Å². The second-order valence-electron chi connectivity index (χ2n) is 3.45. The Kier molecular flexibility index (Phi) is 2.55. The van der Waals surface area contributed by atoms with Crippen LogP contribution in [-0.2, 0) is 7.05 Å². The highest BCUT2D eigenvalue weighted by Crippen LogP contribution is 2.17. The minimum atomic E-state index is -1.21. The fraction of sp³-hybridized carbons (Fsp3) is 0.0909. The Balaban J connectivity index is 2.98. The van der Waals surface area contributed by atoms with Gasteiger partial charge in [0.1, 0.15) is 5.56 Å². The van der Waals surface area contributed by atoms with E-state index >= 15 is 0 Å². The molecule has 1 aromatic heterocycles. The van der Waals surface area contributed by atoms with E-state index in [1.807, 2.05) is 6.07 Å². The number of rotatable bonds is 1. The van der Waals surface area contributed by atoms with E-state index in [1.165, 1.54) is 6.20 Å². The number of benzene rings is 1. The lowest BCUT2D eigenvalue weighted by Crippen LogP contribution is -2.17. The molecule has 0 spiro atoms. The number of aryl methyl sites for hydroxylation is 1. The maximum atomic E-state index is 11.9. The number of aromatic nitrogens is 1. The first kappa shape index (κ1) is 10.9. The van der Waals surface area contributed by atoms with Crippen molar-refractivity contribution in [2.45, 2.75) is 0 Å². The van der Waals surface area contributed by atoms with Crippen LogP contribution in [0.4, 0.5) is 0 Å². The van der Waals surface area contributed by atoms with E-state index in [2.05, 4.69) is 15.9 Å². The van der Waals surface area contributed by atoms with Crippen LogP contribution in [0.1, 0.15) is 10.4 Å². The summed E-state index contributed by atoms with van der Waals surface area (Å²) in [6.45, 7) is 0. The minimum absolute atomic E-state index is 0.215. The Morgan fingerprint density at radius 2 is 2.12 bits per heavy atom. The SMILES string of the molecule is Cn1cc(C(=O)O)c(=O)c2cc(Br)ccc21. The topological polar surface area (TPSA) is 59.3 Å². The van der Waals surface area contributed by atoms with Gasteiger partial charge in [-0.25, -0.2) is 4.79 Å². The smallest absolute Gasteiger partial charge is 0.341 e. The Bertz CT molecular complexity index is 645. The lowest BCUT2D eigenvalue weighted by molar-refractivity contribution is 0.0695. The molecule has 0 radical (unpaired) electrons. The van der Waals surface area contributed by atoms with Crippen molar-refractivity contribution in [2.75, 3.05) is 0 Å². The zero-order valence-electron chi connectivity index (χ0n) is 8.40. The van der Waals surface area contributed by atoms with Crippen LogP contribution in [0.2, 0.25) is 0 Å². The van der Waals surface area contributed by atoms with Crippen LogP contribution in [0, 0.1) is 0 Å². The Morgan fingerprint density at radius 1 is 1.44 bits per heavy atom. The molecule has 2 rings (SSSR count). The van der Waals surface area contributed by atoms with Crippen molar-refractivity contribution in [2.24, 2.45) is 7.05 Å². The molecule has 0 aliphatic carbocycles. The van der Waals surface area contributed by atoms with E-state index in [4.69, 9.17) is 5.11 Å². The summed E-state index contributed by atoms with van der Waals surface area (Å²) in [6.07, 6.45) is 1.33. The van der Waals surface area contributed by atoms with Gasteiger partial charge in [-0.15, -0.1) is 0 Å². The van der Waals surface area contributed by atoms with Crippen LogP contribution in [0.15, 0.2) is 33.7 Å². The van der Waals surface area contributed by atoms with Crippen molar-refractivity contribution in [1.82, 2.24) is 4.57 Å². The maximum Gasteiger partial charge on any atom is 0.341 e. The van der Waals surface area contributed by atoms with Crippen molar-refractivity contribution in [3.05, 3.63) is 44.7 Å². The monoisotopic (exact) mass is 281 g/mol. The molecule has 0 atom stereocenters. The number of carboxylic acid groups (broad SMARTS) is 1. The van der Waals surface area contributed by atoms with Gasteiger partial charge < -0.3 is 9.67 Å². The van der Waals surface area contributed by atoms with Crippen LogP contribution in [0.3, 0.4) is 0 Å². The summed E-state index contributed by atoms with van der Waals surface area (Å²) in [5.74, 6) is -1.21. The summed E-state index contributed by atoms with van der Waals surface area (Å²) in [6, 6.07) is 5.21. The van der Waals surface area contributed by atoms with Crippen LogP contribution >= 0.6 is 15.9 Å². The number of nitrogens with zero attached hydrogens (tertiary/aromatic N) is 1. The Labute approximate surface area is 99.3 Å². The second kappa shape index (κ2) is 3.75. The van der Waals surface area contributed by atoms with Crippen molar-refractivity contribution in [1.29, 1.82) is 0 Å². The van der Waals surface area contributed by atoms with Gasteiger partial charge in [-0.3, -0.25) is 4.79 Å². The lowest BCUT2D eigenvalue weighted by atomic mass is 10.1. The minimum Gasteiger partial charge on any atom is -0.477 e. The van der Waals surface area contributed by atoms with Gasteiger partial charge in [0.25, 0.3) is 0 Å². The summed E-state index contributed by atoms with van der Waals surface area (Å²) >= 11 is 3.26. The normalized spacial score (nSPS) is 10.6. The number of halogens is 1. The zero-order valence-corrected chi connectivity index (χ0v) is 9.98. The van der Waals surface area contributed by atoms with Crippen LogP contribution in [0.25, 0.3) is 10.9 Å². The number of fused-ring (bicyclic) bond motifs is 1. The van der Waals surface area contributed by atoms with Gasteiger partial charge in [0, 0.05) is 23.1 Å². The molecule has 0 fully saturated rings. The summed E-state index contributed by atoms with van der Waals surface area (Å²) < 4.78 is 2.38. The van der Waals surface area contributed by atoms with Crippen LogP contribution in [-0.4, -0.2) is 15.6 Å². The molecule has 4 nitrogen and oxygen atoms in total. The number of hydrogen-bond donors (Lipinski definition) is 1. The van der Waals surface area contributed by atoms with E-state index in [0.29, 0.717) is 10.9 Å². The average Bonchev–Trinajstić information content (AvgIpc) is 2.22. The van der Waals surface area contributed by atoms with Gasteiger partial charge in [-0.1, -0.05) is 15.9 Å². The molecule has 0 saturated carbocycles. The first-order valence-electron chi connectivity index (χ1n) is 4.53. The molecule has 0 aliphatic heterocycles. The molecule has 1 heterocycles. The molecule has 16 heavy (non-hydrogen) atoms. The lowest BCUT2D eigenvalue weighted by Gasteiger charge is -2.06. The molecule has 5 heteroatoms. The van der Waals surface area contributed by atoms with Gasteiger partial charge in [0.2, 0.25) is 5.43 Å². The standard InChI is InChI=1S/C11H8BrNO3/c1-13-5-8(11(15)16)10(14)7-4-6(12)2-3-9(7)13/h2-5H,1H3,(H,15,16). The van der Waals surface area contributed by atoms with Crippen molar-refractivity contribution < 1.29 is 9.90 Å². The van der Waals surface area contributed by atoms with Crippen molar-refractivity contribution >= 4 is 32.8 Å². The van der Waals surface area contributed by atoms with E-state index in [9.17, 15) is 9.59 Å². The van der Waals surface area contributed by atoms with E-state index in [-0.39, 0.29) is 5.56 Å². The molecule has 2 aromatic rings. The number of carboxylic acids is 1. The molecule has 0 bridgehead atoms. The summed E-state index contributed by atoms with van der Waals surface area (Å²) in [7, 11) is 1.71. The third kappa shape index (κ3) is 1.63. The molecule has 1 aromatic carbocycles. The van der Waals surface area contributed by atoms with Gasteiger partial charge in [0.15, 0.2) is 0 Å². The fourth-order valence-electron chi connectivity index (χ4n) is 1.62. The average molecular weight is 282 g/mol. The molecule has 0 saturated heterocycles. The van der Waals surface area contributed by atoms with Crippen LogP contribution < -0.4 is 5.43 Å². The number of pyridine rings is 1. The number of hydrogen-bond acceptors (Lipinski definition) is 2. The van der Waals surface area contributed by atoms with Crippen LogP contribution in [0.5, 0.6) is 0 Å². The third-order valence-electron chi connectivity index (χ3n) is 2.38. The maximum absolute atomic E-state index is 11.9.